The smallest absolute Gasteiger partial charge is 0.236 e. The normalized spacial score (nSPS) is 24.6. The van der Waals surface area contributed by atoms with Crippen LogP contribution in [-0.2, 0) is 9.59 Å². The molecule has 24 heavy (non-hydrogen) atoms. The van der Waals surface area contributed by atoms with Crippen molar-refractivity contribution in [1.82, 2.24) is 24.9 Å². The number of aliphatic hydroxyl groups is 1. The highest BCUT2D eigenvalue weighted by Crippen LogP contribution is 2.10. The van der Waals surface area contributed by atoms with Crippen LogP contribution >= 0.6 is 0 Å². The number of amides is 2. The van der Waals surface area contributed by atoms with Crippen molar-refractivity contribution in [2.24, 2.45) is 5.92 Å². The van der Waals surface area contributed by atoms with Gasteiger partial charge in [-0.25, -0.2) is 0 Å². The number of carbonyl (C=O) groups excluding carboxylic acids is 2. The van der Waals surface area contributed by atoms with E-state index in [0.29, 0.717) is 32.7 Å². The summed E-state index contributed by atoms with van der Waals surface area (Å²) in [6, 6.07) is 0. The van der Waals surface area contributed by atoms with Crippen LogP contribution in [-0.4, -0.2) is 123 Å². The third-order valence-electron chi connectivity index (χ3n) is 4.93. The van der Waals surface area contributed by atoms with Gasteiger partial charge in [-0.1, -0.05) is 0 Å². The van der Waals surface area contributed by atoms with Crippen LogP contribution in [0.1, 0.15) is 0 Å². The van der Waals surface area contributed by atoms with E-state index < -0.39 is 0 Å². The second kappa shape index (κ2) is 9.31. The highest BCUT2D eigenvalue weighted by atomic mass is 16.3. The SMILES string of the molecule is CNC(=O)[C@@H]1CN(C)CCN(C(=O)CN2CCN(CCO)CC2)C1. The molecular formula is C16H31N5O3. The molecule has 0 aliphatic carbocycles. The number of piperazine rings is 1. The van der Waals surface area contributed by atoms with E-state index >= 15 is 0 Å². The molecule has 0 radical (unpaired) electrons. The minimum absolute atomic E-state index is 0.000771. The zero-order valence-electron chi connectivity index (χ0n) is 14.9. The highest BCUT2D eigenvalue weighted by Gasteiger charge is 2.29. The van der Waals surface area contributed by atoms with E-state index in [1.54, 1.807) is 7.05 Å². The summed E-state index contributed by atoms with van der Waals surface area (Å²) < 4.78 is 0. The van der Waals surface area contributed by atoms with Gasteiger partial charge in [0.15, 0.2) is 0 Å². The van der Waals surface area contributed by atoms with E-state index in [9.17, 15) is 9.59 Å². The molecule has 2 rings (SSSR count). The van der Waals surface area contributed by atoms with E-state index in [1.807, 2.05) is 11.9 Å². The molecule has 2 saturated heterocycles. The third kappa shape index (κ3) is 5.41. The van der Waals surface area contributed by atoms with Crippen LogP contribution in [0, 0.1) is 5.92 Å². The van der Waals surface area contributed by atoms with Gasteiger partial charge in [-0.3, -0.25) is 19.4 Å². The lowest BCUT2D eigenvalue weighted by molar-refractivity contribution is -0.134. The average molecular weight is 341 g/mol. The molecule has 0 aromatic rings. The number of rotatable bonds is 5. The first-order chi connectivity index (χ1) is 11.5. The molecule has 1 atom stereocenters. The van der Waals surface area contributed by atoms with Crippen LogP contribution in [0.5, 0.6) is 0 Å². The van der Waals surface area contributed by atoms with Crippen molar-refractivity contribution in [3.63, 3.8) is 0 Å². The molecule has 2 heterocycles. The molecule has 2 aliphatic heterocycles. The summed E-state index contributed by atoms with van der Waals surface area (Å²) in [7, 11) is 3.63. The average Bonchev–Trinajstić information content (AvgIpc) is 2.78. The first kappa shape index (κ1) is 19.1. The van der Waals surface area contributed by atoms with Crippen molar-refractivity contribution >= 4 is 11.8 Å². The lowest BCUT2D eigenvalue weighted by atomic mass is 10.1. The maximum atomic E-state index is 12.7. The Morgan fingerprint density at radius 1 is 1.04 bits per heavy atom. The number of aliphatic hydroxyl groups excluding tert-OH is 1. The van der Waals surface area contributed by atoms with Crippen LogP contribution in [0.3, 0.4) is 0 Å². The van der Waals surface area contributed by atoms with Gasteiger partial charge in [0.2, 0.25) is 11.8 Å². The Morgan fingerprint density at radius 3 is 2.33 bits per heavy atom. The van der Waals surface area contributed by atoms with Crippen LogP contribution in [0.25, 0.3) is 0 Å². The zero-order chi connectivity index (χ0) is 17.5. The Hall–Kier alpha value is -1.22. The Kier molecular flexibility index (Phi) is 7.41. The molecule has 0 aromatic carbocycles. The molecule has 0 unspecified atom stereocenters. The van der Waals surface area contributed by atoms with Gasteiger partial charge in [0, 0.05) is 66.0 Å². The van der Waals surface area contributed by atoms with E-state index in [1.165, 1.54) is 0 Å². The zero-order valence-corrected chi connectivity index (χ0v) is 14.9. The van der Waals surface area contributed by atoms with Gasteiger partial charge in [0.1, 0.15) is 0 Å². The second-order valence-electron chi connectivity index (χ2n) is 6.75. The maximum absolute atomic E-state index is 12.7. The largest absolute Gasteiger partial charge is 0.395 e. The van der Waals surface area contributed by atoms with Gasteiger partial charge in [-0.05, 0) is 7.05 Å². The minimum atomic E-state index is -0.173. The number of likely N-dealkylation sites (N-methyl/N-ethyl adjacent to an activating group) is 1. The van der Waals surface area contributed by atoms with Crippen LogP contribution in [0.4, 0.5) is 0 Å². The molecule has 2 amide bonds. The fraction of sp³-hybridized carbons (Fsp3) is 0.875. The van der Waals surface area contributed by atoms with Gasteiger partial charge in [-0.2, -0.15) is 0 Å². The molecule has 2 N–H and O–H groups in total. The number of nitrogens with one attached hydrogen (secondary N) is 1. The molecule has 8 heteroatoms. The molecule has 0 bridgehead atoms. The second-order valence-corrected chi connectivity index (χ2v) is 6.75. The van der Waals surface area contributed by atoms with E-state index in [2.05, 4.69) is 20.0 Å². The van der Waals surface area contributed by atoms with Crippen LogP contribution in [0.15, 0.2) is 0 Å². The van der Waals surface area contributed by atoms with E-state index in [4.69, 9.17) is 5.11 Å². The van der Waals surface area contributed by atoms with Gasteiger partial charge in [0.05, 0.1) is 19.1 Å². The molecule has 2 fully saturated rings. The Morgan fingerprint density at radius 2 is 1.71 bits per heavy atom. The molecule has 0 saturated carbocycles. The summed E-state index contributed by atoms with van der Waals surface area (Å²) in [6.45, 7) is 7.41. The summed E-state index contributed by atoms with van der Waals surface area (Å²) >= 11 is 0. The highest BCUT2D eigenvalue weighted by molar-refractivity contribution is 5.81. The molecule has 138 valence electrons. The number of β-amino-alcohol motifs (C(OH)–C–C–N with tert-alkyl or cyclic N) is 1. The van der Waals surface area contributed by atoms with Crippen LogP contribution in [0.2, 0.25) is 0 Å². The number of hydrogen-bond donors (Lipinski definition) is 2. The fourth-order valence-electron chi connectivity index (χ4n) is 3.37. The minimum Gasteiger partial charge on any atom is -0.395 e. The predicted molar refractivity (Wildman–Crippen MR) is 91.6 cm³/mol. The summed E-state index contributed by atoms with van der Waals surface area (Å²) in [4.78, 5) is 33.0. The number of nitrogens with zero attached hydrogens (tertiary/aromatic N) is 4. The monoisotopic (exact) mass is 341 g/mol. The lowest BCUT2D eigenvalue weighted by Crippen LogP contribution is -2.51. The Balaban J connectivity index is 1.85. The maximum Gasteiger partial charge on any atom is 0.236 e. The van der Waals surface area contributed by atoms with Gasteiger partial charge in [0.25, 0.3) is 0 Å². The van der Waals surface area contributed by atoms with Crippen molar-refractivity contribution in [2.45, 2.75) is 0 Å². The summed E-state index contributed by atoms with van der Waals surface area (Å²) in [5, 5.41) is 11.7. The first-order valence-electron chi connectivity index (χ1n) is 8.77. The van der Waals surface area contributed by atoms with Gasteiger partial charge < -0.3 is 20.2 Å². The summed E-state index contributed by atoms with van der Waals surface area (Å²) in [5.41, 5.74) is 0. The number of carbonyl (C=O) groups is 2. The summed E-state index contributed by atoms with van der Waals surface area (Å²) in [5.74, 6) is -0.0677. The third-order valence-corrected chi connectivity index (χ3v) is 4.93. The molecule has 2 aliphatic rings. The standard InChI is InChI=1S/C16H31N5O3/c1-17-16(24)14-11-18(2)3-8-21(12-14)15(23)13-20-6-4-19(5-7-20)9-10-22/h14,22H,3-13H2,1-2H3,(H,17,24)/t14-/m1/s1. The first-order valence-corrected chi connectivity index (χ1v) is 8.77. The molecule has 0 aromatic heterocycles. The van der Waals surface area contributed by atoms with Crippen molar-refractivity contribution in [1.29, 1.82) is 0 Å². The molecular weight excluding hydrogens is 310 g/mol. The lowest BCUT2D eigenvalue weighted by Gasteiger charge is -2.35. The quantitative estimate of drug-likeness (QED) is 0.587. The van der Waals surface area contributed by atoms with Crippen molar-refractivity contribution < 1.29 is 14.7 Å². The Labute approximate surface area is 144 Å². The summed E-state index contributed by atoms with van der Waals surface area (Å²) in [6.07, 6.45) is 0. The van der Waals surface area contributed by atoms with E-state index in [-0.39, 0.29) is 24.3 Å². The van der Waals surface area contributed by atoms with Gasteiger partial charge >= 0.3 is 0 Å². The fourth-order valence-corrected chi connectivity index (χ4v) is 3.37. The molecule has 8 nitrogen and oxygen atoms in total. The van der Waals surface area contributed by atoms with Crippen LogP contribution < -0.4 is 5.32 Å². The van der Waals surface area contributed by atoms with Crippen molar-refractivity contribution in [3.05, 3.63) is 0 Å². The molecule has 0 spiro atoms. The number of hydrogen-bond acceptors (Lipinski definition) is 6. The Bertz CT molecular complexity index is 426. The van der Waals surface area contributed by atoms with Gasteiger partial charge in [-0.15, -0.1) is 0 Å². The topological polar surface area (TPSA) is 79.4 Å². The van der Waals surface area contributed by atoms with E-state index in [0.717, 1.165) is 32.7 Å². The van der Waals surface area contributed by atoms with Crippen molar-refractivity contribution in [2.75, 3.05) is 86.1 Å². The van der Waals surface area contributed by atoms with Crippen molar-refractivity contribution in [3.8, 4) is 0 Å². The predicted octanol–water partition coefficient (Wildman–Crippen LogP) is -2.27.